The van der Waals surface area contributed by atoms with Crippen molar-refractivity contribution in [3.05, 3.63) is 45.8 Å². The first-order valence-corrected chi connectivity index (χ1v) is 13.7. The van der Waals surface area contributed by atoms with Crippen LogP contribution in [0.5, 0.6) is 0 Å². The highest BCUT2D eigenvalue weighted by atomic mass is 32.2. The molecule has 34 heavy (non-hydrogen) atoms. The molecule has 0 radical (unpaired) electrons. The van der Waals surface area contributed by atoms with Crippen molar-refractivity contribution in [2.75, 3.05) is 37.8 Å². The average Bonchev–Trinajstić information content (AvgIpc) is 3.20. The van der Waals surface area contributed by atoms with Crippen molar-refractivity contribution in [3.63, 3.8) is 0 Å². The van der Waals surface area contributed by atoms with E-state index in [2.05, 4.69) is 40.3 Å². The van der Waals surface area contributed by atoms with Gasteiger partial charge in [0.1, 0.15) is 10.6 Å². The van der Waals surface area contributed by atoms with Crippen molar-refractivity contribution in [1.82, 2.24) is 20.2 Å². The molecule has 0 bridgehead atoms. The van der Waals surface area contributed by atoms with Crippen molar-refractivity contribution in [2.45, 2.75) is 44.4 Å². The van der Waals surface area contributed by atoms with E-state index in [0.29, 0.717) is 23.4 Å². The molecule has 1 fully saturated rings. The lowest BCUT2D eigenvalue weighted by Gasteiger charge is -2.27. The number of nitrogen functional groups attached to an aromatic ring is 1. The first kappa shape index (κ1) is 23.5. The van der Waals surface area contributed by atoms with Crippen LogP contribution in [0.1, 0.15) is 34.9 Å². The van der Waals surface area contributed by atoms with Crippen LogP contribution in [0.4, 0.5) is 5.82 Å². The van der Waals surface area contributed by atoms with Gasteiger partial charge in [-0.15, -0.1) is 11.3 Å². The highest BCUT2D eigenvalue weighted by Crippen LogP contribution is 2.39. The van der Waals surface area contributed by atoms with Crippen LogP contribution in [-0.2, 0) is 35.5 Å². The van der Waals surface area contributed by atoms with E-state index in [1.54, 1.807) is 11.3 Å². The van der Waals surface area contributed by atoms with Crippen LogP contribution in [0, 0.1) is 5.92 Å². The largest absolute Gasteiger partial charge is 0.383 e. The summed E-state index contributed by atoms with van der Waals surface area (Å²) in [6.07, 6.45) is 3.32. The molecule has 0 unspecified atom stereocenters. The Labute approximate surface area is 208 Å². The molecule has 2 aliphatic rings. The van der Waals surface area contributed by atoms with Crippen LogP contribution < -0.4 is 11.1 Å². The first-order valence-electron chi connectivity index (χ1n) is 11.9. The zero-order chi connectivity index (χ0) is 23.5. The van der Waals surface area contributed by atoms with Crippen LogP contribution in [0.25, 0.3) is 10.2 Å². The molecule has 0 spiro atoms. The summed E-state index contributed by atoms with van der Waals surface area (Å²) in [5.74, 6) is 1.47. The first-order chi connectivity index (χ1) is 16.6. The van der Waals surface area contributed by atoms with Gasteiger partial charge in [-0.1, -0.05) is 43.0 Å². The number of thioether (sulfide) groups is 1. The minimum absolute atomic E-state index is 0.0345. The fourth-order valence-electron chi connectivity index (χ4n) is 4.67. The summed E-state index contributed by atoms with van der Waals surface area (Å²) < 4.78 is 5.45. The number of fused-ring (bicyclic) bond motifs is 3. The van der Waals surface area contributed by atoms with Gasteiger partial charge in [0, 0.05) is 31.1 Å². The lowest BCUT2D eigenvalue weighted by atomic mass is 9.89. The summed E-state index contributed by atoms with van der Waals surface area (Å²) in [6.45, 7) is 7.12. The molecule has 2 aromatic heterocycles. The quantitative estimate of drug-likeness (QED) is 0.380. The number of nitrogens with two attached hydrogens (primary N) is 1. The fourth-order valence-corrected chi connectivity index (χ4v) is 6.80. The molecule has 1 amide bonds. The zero-order valence-corrected chi connectivity index (χ0v) is 21.1. The predicted molar refractivity (Wildman–Crippen MR) is 138 cm³/mol. The molecule has 1 atom stereocenters. The lowest BCUT2D eigenvalue weighted by Crippen LogP contribution is -2.36. The molecule has 3 heterocycles. The van der Waals surface area contributed by atoms with Gasteiger partial charge >= 0.3 is 0 Å². The Hall–Kier alpha value is -2.20. The smallest absolute Gasteiger partial charge is 0.230 e. The highest BCUT2D eigenvalue weighted by molar-refractivity contribution is 7.99. The highest BCUT2D eigenvalue weighted by Gasteiger charge is 2.23. The fraction of sp³-hybridized carbons (Fsp3) is 0.480. The molecule has 1 saturated heterocycles. The monoisotopic (exact) mass is 497 g/mol. The van der Waals surface area contributed by atoms with Gasteiger partial charge in [0.2, 0.25) is 5.91 Å². The number of ether oxygens (including phenoxy) is 1. The number of aryl methyl sites for hydroxylation is 1. The van der Waals surface area contributed by atoms with Gasteiger partial charge in [-0.2, -0.15) is 0 Å². The molecule has 1 aliphatic heterocycles. The Morgan fingerprint density at radius 2 is 2.06 bits per heavy atom. The number of anilines is 1. The SMILES string of the molecule is C[C@@H]1CCc2c(sc3nc(SCC(=O)NCc4ccccc4CN4CCOCC4)nc(N)c23)C1. The maximum absolute atomic E-state index is 12.6. The van der Waals surface area contributed by atoms with Crippen molar-refractivity contribution in [2.24, 2.45) is 5.92 Å². The number of benzene rings is 1. The Kier molecular flexibility index (Phi) is 7.34. The minimum Gasteiger partial charge on any atom is -0.383 e. The topological polar surface area (TPSA) is 93.4 Å². The van der Waals surface area contributed by atoms with Crippen molar-refractivity contribution < 1.29 is 9.53 Å². The number of thiophene rings is 1. The number of nitrogens with one attached hydrogen (secondary N) is 1. The molecule has 0 saturated carbocycles. The molecule has 9 heteroatoms. The average molecular weight is 498 g/mol. The second-order valence-corrected chi connectivity index (χ2v) is 11.2. The van der Waals surface area contributed by atoms with E-state index in [0.717, 1.165) is 61.5 Å². The molecule has 7 nitrogen and oxygen atoms in total. The van der Waals surface area contributed by atoms with Gasteiger partial charge in [0.25, 0.3) is 0 Å². The number of nitrogens with zero attached hydrogens (tertiary/aromatic N) is 3. The van der Waals surface area contributed by atoms with E-state index in [1.165, 1.54) is 34.2 Å². The summed E-state index contributed by atoms with van der Waals surface area (Å²) in [4.78, 5) is 26.6. The van der Waals surface area contributed by atoms with Gasteiger partial charge in [-0.05, 0) is 41.9 Å². The second kappa shape index (κ2) is 10.6. The number of aromatic nitrogens is 2. The van der Waals surface area contributed by atoms with E-state index >= 15 is 0 Å². The van der Waals surface area contributed by atoms with Gasteiger partial charge < -0.3 is 15.8 Å². The summed E-state index contributed by atoms with van der Waals surface area (Å²) in [5.41, 5.74) is 10.0. The van der Waals surface area contributed by atoms with E-state index in [-0.39, 0.29) is 11.7 Å². The summed E-state index contributed by atoms with van der Waals surface area (Å²) in [5, 5.41) is 4.65. The van der Waals surface area contributed by atoms with Gasteiger partial charge in [0.05, 0.1) is 24.4 Å². The Morgan fingerprint density at radius 3 is 2.88 bits per heavy atom. The number of hydrogen-bond acceptors (Lipinski definition) is 8. The number of amides is 1. The van der Waals surface area contributed by atoms with Crippen molar-refractivity contribution in [1.29, 1.82) is 0 Å². The van der Waals surface area contributed by atoms with Gasteiger partial charge in [0.15, 0.2) is 5.16 Å². The van der Waals surface area contributed by atoms with Gasteiger partial charge in [-0.25, -0.2) is 9.97 Å². The molecule has 3 aromatic rings. The van der Waals surface area contributed by atoms with E-state index in [1.807, 2.05) is 6.07 Å². The van der Waals surface area contributed by atoms with Crippen LogP contribution in [0.2, 0.25) is 0 Å². The van der Waals surface area contributed by atoms with Crippen molar-refractivity contribution >= 4 is 45.0 Å². The summed E-state index contributed by atoms with van der Waals surface area (Å²) in [7, 11) is 0. The maximum atomic E-state index is 12.6. The van der Waals surface area contributed by atoms with Crippen LogP contribution in [0.3, 0.4) is 0 Å². The van der Waals surface area contributed by atoms with Crippen molar-refractivity contribution in [3.8, 4) is 0 Å². The van der Waals surface area contributed by atoms with E-state index < -0.39 is 0 Å². The molecule has 3 N–H and O–H groups in total. The Morgan fingerprint density at radius 1 is 1.26 bits per heavy atom. The van der Waals surface area contributed by atoms with Crippen LogP contribution in [-0.4, -0.2) is 52.8 Å². The normalized spacial score (nSPS) is 18.7. The van der Waals surface area contributed by atoms with E-state index in [9.17, 15) is 4.79 Å². The van der Waals surface area contributed by atoms with Gasteiger partial charge in [-0.3, -0.25) is 9.69 Å². The standard InChI is InChI=1S/C25H31N5O2S2/c1-16-6-7-19-20(12-16)34-24-22(19)23(26)28-25(29-24)33-15-21(31)27-13-17-4-2-3-5-18(17)14-30-8-10-32-11-9-30/h2-5,16H,6-15H2,1H3,(H,27,31)(H2,26,28,29)/t16-/m1/s1. The molecular weight excluding hydrogens is 466 g/mol. The third kappa shape index (κ3) is 5.38. The number of rotatable bonds is 7. The number of carbonyl (C=O) groups excluding carboxylic acids is 1. The summed E-state index contributed by atoms with van der Waals surface area (Å²) in [6, 6.07) is 8.30. The third-order valence-corrected chi connectivity index (χ3v) is 8.58. The zero-order valence-electron chi connectivity index (χ0n) is 19.5. The Bertz CT molecular complexity index is 1180. The number of hydrogen-bond donors (Lipinski definition) is 2. The maximum Gasteiger partial charge on any atom is 0.230 e. The van der Waals surface area contributed by atoms with Crippen LogP contribution in [0.15, 0.2) is 29.4 Å². The molecule has 1 aromatic carbocycles. The molecule has 5 rings (SSSR count). The molecular formula is C25H31N5O2S2. The molecule has 180 valence electrons. The summed E-state index contributed by atoms with van der Waals surface area (Å²) >= 11 is 3.07. The third-order valence-electron chi connectivity index (χ3n) is 6.59. The minimum atomic E-state index is -0.0345. The number of morpholine rings is 1. The second-order valence-electron chi connectivity index (χ2n) is 9.15. The lowest BCUT2D eigenvalue weighted by molar-refractivity contribution is -0.118. The molecule has 1 aliphatic carbocycles. The Balaban J connectivity index is 1.19. The van der Waals surface area contributed by atoms with E-state index in [4.69, 9.17) is 15.5 Å². The predicted octanol–water partition coefficient (Wildman–Crippen LogP) is 3.64. The number of carbonyl (C=O) groups is 1. The van der Waals surface area contributed by atoms with Crippen LogP contribution >= 0.6 is 23.1 Å².